The minimum atomic E-state index is -0.0781. The Hall–Kier alpha value is -0.810. The number of rotatable bonds is 1. The van der Waals surface area contributed by atoms with E-state index in [9.17, 15) is 4.79 Å². The first-order valence-corrected chi connectivity index (χ1v) is 5.91. The molecular formula is C10H8Br2N2O. The fraction of sp³-hybridized carbons (Fsp3) is 0.100. The summed E-state index contributed by atoms with van der Waals surface area (Å²) in [5.74, 6) is 0. The van der Waals surface area contributed by atoms with Crippen molar-refractivity contribution in [1.29, 1.82) is 0 Å². The molecule has 15 heavy (non-hydrogen) atoms. The number of hydrogen-bond acceptors (Lipinski definition) is 1. The number of aromatic nitrogens is 2. The van der Waals surface area contributed by atoms with Gasteiger partial charge in [-0.15, -0.1) is 0 Å². The fourth-order valence-electron chi connectivity index (χ4n) is 1.32. The fourth-order valence-corrected chi connectivity index (χ4v) is 1.98. The van der Waals surface area contributed by atoms with Crippen LogP contribution in [0.1, 0.15) is 5.69 Å². The van der Waals surface area contributed by atoms with Gasteiger partial charge in [0.05, 0.1) is 5.69 Å². The molecule has 0 saturated carbocycles. The molecule has 2 aromatic rings. The van der Waals surface area contributed by atoms with Gasteiger partial charge in [0.1, 0.15) is 4.47 Å². The molecule has 5 heteroatoms. The van der Waals surface area contributed by atoms with Gasteiger partial charge in [-0.2, -0.15) is 0 Å². The zero-order valence-corrected chi connectivity index (χ0v) is 11.1. The van der Waals surface area contributed by atoms with Gasteiger partial charge in [-0.25, -0.2) is 4.68 Å². The number of nitrogens with one attached hydrogen (secondary N) is 1. The van der Waals surface area contributed by atoms with Crippen molar-refractivity contribution in [1.82, 2.24) is 9.78 Å². The minimum Gasteiger partial charge on any atom is -0.294 e. The molecule has 0 radical (unpaired) electrons. The number of halogens is 2. The van der Waals surface area contributed by atoms with Crippen molar-refractivity contribution in [2.75, 3.05) is 0 Å². The van der Waals surface area contributed by atoms with Gasteiger partial charge < -0.3 is 0 Å². The predicted molar refractivity (Wildman–Crippen MR) is 66.5 cm³/mol. The smallest absolute Gasteiger partial charge is 0.285 e. The molecule has 3 nitrogen and oxygen atoms in total. The lowest BCUT2D eigenvalue weighted by atomic mass is 10.3. The van der Waals surface area contributed by atoms with E-state index in [4.69, 9.17) is 0 Å². The maximum atomic E-state index is 11.8. The van der Waals surface area contributed by atoms with Crippen LogP contribution in [-0.2, 0) is 0 Å². The second-order valence-corrected chi connectivity index (χ2v) is 4.88. The van der Waals surface area contributed by atoms with Crippen molar-refractivity contribution in [2.45, 2.75) is 6.92 Å². The molecule has 0 bridgehead atoms. The first-order valence-electron chi connectivity index (χ1n) is 4.32. The van der Waals surface area contributed by atoms with Gasteiger partial charge in [0.25, 0.3) is 5.56 Å². The summed E-state index contributed by atoms with van der Waals surface area (Å²) < 4.78 is 3.02. The Labute approximate surface area is 103 Å². The molecule has 0 saturated heterocycles. The third-order valence-electron chi connectivity index (χ3n) is 2.07. The van der Waals surface area contributed by atoms with E-state index in [-0.39, 0.29) is 5.56 Å². The van der Waals surface area contributed by atoms with E-state index in [1.807, 2.05) is 31.2 Å². The molecule has 1 aromatic heterocycles. The highest BCUT2D eigenvalue weighted by atomic mass is 79.9. The van der Waals surface area contributed by atoms with E-state index >= 15 is 0 Å². The predicted octanol–water partition coefficient (Wildman–Crippen LogP) is 3.00. The van der Waals surface area contributed by atoms with Crippen LogP contribution in [0.15, 0.2) is 38.0 Å². The standard InChI is InChI=1S/C10H8Br2N2O/c1-6-9(12)10(15)14(13-6)8-4-2-3-7(11)5-8/h2-5,13H,1H3. The summed E-state index contributed by atoms with van der Waals surface area (Å²) in [6, 6.07) is 7.55. The maximum Gasteiger partial charge on any atom is 0.285 e. The molecule has 1 heterocycles. The zero-order chi connectivity index (χ0) is 11.0. The Balaban J connectivity index is 2.64. The normalized spacial score (nSPS) is 10.6. The SMILES string of the molecule is Cc1[nH]n(-c2cccc(Br)c2)c(=O)c1Br. The van der Waals surface area contributed by atoms with Crippen LogP contribution < -0.4 is 5.56 Å². The lowest BCUT2D eigenvalue weighted by molar-refractivity contribution is 0.834. The quantitative estimate of drug-likeness (QED) is 0.857. The third kappa shape index (κ3) is 1.94. The minimum absolute atomic E-state index is 0.0781. The van der Waals surface area contributed by atoms with E-state index in [2.05, 4.69) is 37.0 Å². The van der Waals surface area contributed by atoms with Gasteiger partial charge in [-0.05, 0) is 41.1 Å². The monoisotopic (exact) mass is 330 g/mol. The van der Waals surface area contributed by atoms with Crippen molar-refractivity contribution >= 4 is 31.9 Å². The van der Waals surface area contributed by atoms with Gasteiger partial charge in [-0.1, -0.05) is 22.0 Å². The number of aromatic amines is 1. The van der Waals surface area contributed by atoms with Crippen LogP contribution in [0.3, 0.4) is 0 Å². The van der Waals surface area contributed by atoms with E-state index in [1.165, 1.54) is 4.68 Å². The molecule has 1 aromatic carbocycles. The first-order chi connectivity index (χ1) is 7.09. The van der Waals surface area contributed by atoms with Crippen LogP contribution >= 0.6 is 31.9 Å². The highest BCUT2D eigenvalue weighted by Crippen LogP contribution is 2.15. The van der Waals surface area contributed by atoms with Gasteiger partial charge in [-0.3, -0.25) is 9.89 Å². The van der Waals surface area contributed by atoms with Crippen molar-refractivity contribution in [2.24, 2.45) is 0 Å². The molecule has 0 fully saturated rings. The molecule has 0 spiro atoms. The second-order valence-electron chi connectivity index (χ2n) is 3.17. The molecule has 0 aliphatic heterocycles. The number of nitrogens with zero attached hydrogens (tertiary/aromatic N) is 1. The van der Waals surface area contributed by atoms with Crippen LogP contribution in [0.2, 0.25) is 0 Å². The molecule has 0 aliphatic carbocycles. The average Bonchev–Trinajstić information content (AvgIpc) is 2.46. The van der Waals surface area contributed by atoms with Crippen LogP contribution in [0.4, 0.5) is 0 Å². The third-order valence-corrected chi connectivity index (χ3v) is 3.49. The zero-order valence-electron chi connectivity index (χ0n) is 7.92. The number of aryl methyl sites for hydroxylation is 1. The lowest BCUT2D eigenvalue weighted by Gasteiger charge is -2.01. The molecule has 78 valence electrons. The Bertz CT molecular complexity index is 557. The molecule has 0 aliphatic rings. The number of benzene rings is 1. The van der Waals surface area contributed by atoms with Crippen LogP contribution in [0.25, 0.3) is 5.69 Å². The maximum absolute atomic E-state index is 11.8. The van der Waals surface area contributed by atoms with E-state index in [0.717, 1.165) is 15.9 Å². The Morgan fingerprint density at radius 3 is 2.60 bits per heavy atom. The largest absolute Gasteiger partial charge is 0.294 e. The van der Waals surface area contributed by atoms with Crippen molar-refractivity contribution in [3.05, 3.63) is 49.3 Å². The molecule has 1 N–H and O–H groups in total. The van der Waals surface area contributed by atoms with Gasteiger partial charge in [0.2, 0.25) is 0 Å². The van der Waals surface area contributed by atoms with Gasteiger partial charge in [0.15, 0.2) is 0 Å². The summed E-state index contributed by atoms with van der Waals surface area (Å²) >= 11 is 6.61. The van der Waals surface area contributed by atoms with Crippen molar-refractivity contribution in [3.63, 3.8) is 0 Å². The van der Waals surface area contributed by atoms with Crippen LogP contribution in [0.5, 0.6) is 0 Å². The van der Waals surface area contributed by atoms with Crippen LogP contribution in [-0.4, -0.2) is 9.78 Å². The molecule has 0 amide bonds. The summed E-state index contributed by atoms with van der Waals surface area (Å²) in [6.45, 7) is 1.85. The molecule has 0 unspecified atom stereocenters. The Kier molecular flexibility index (Phi) is 2.84. The van der Waals surface area contributed by atoms with Crippen molar-refractivity contribution in [3.8, 4) is 5.69 Å². The second kappa shape index (κ2) is 3.98. The Morgan fingerprint density at radius 1 is 1.33 bits per heavy atom. The lowest BCUT2D eigenvalue weighted by Crippen LogP contribution is -2.14. The highest BCUT2D eigenvalue weighted by molar-refractivity contribution is 9.10. The summed E-state index contributed by atoms with van der Waals surface area (Å²) in [5, 5.41) is 2.99. The highest BCUT2D eigenvalue weighted by Gasteiger charge is 2.09. The molecular weight excluding hydrogens is 324 g/mol. The van der Waals surface area contributed by atoms with E-state index in [0.29, 0.717) is 4.47 Å². The average molecular weight is 332 g/mol. The van der Waals surface area contributed by atoms with E-state index < -0.39 is 0 Å². The molecule has 0 atom stereocenters. The molecule has 2 rings (SSSR count). The first kappa shape index (κ1) is 10.7. The summed E-state index contributed by atoms with van der Waals surface area (Å²) in [5.41, 5.74) is 1.55. The van der Waals surface area contributed by atoms with Crippen LogP contribution in [0, 0.1) is 6.92 Å². The van der Waals surface area contributed by atoms with E-state index in [1.54, 1.807) is 0 Å². The van der Waals surface area contributed by atoms with Crippen molar-refractivity contribution < 1.29 is 0 Å². The number of hydrogen-bond donors (Lipinski definition) is 1. The Morgan fingerprint density at radius 2 is 2.07 bits per heavy atom. The summed E-state index contributed by atoms with van der Waals surface area (Å²) in [4.78, 5) is 11.8. The van der Waals surface area contributed by atoms with Gasteiger partial charge >= 0.3 is 0 Å². The number of H-pyrrole nitrogens is 1. The summed E-state index contributed by atoms with van der Waals surface area (Å²) in [6.07, 6.45) is 0. The topological polar surface area (TPSA) is 37.8 Å². The summed E-state index contributed by atoms with van der Waals surface area (Å²) in [7, 11) is 0. The van der Waals surface area contributed by atoms with Gasteiger partial charge in [0, 0.05) is 10.2 Å².